The van der Waals surface area contributed by atoms with Crippen molar-refractivity contribution in [3.05, 3.63) is 18.2 Å². The molecule has 0 saturated carbocycles. The highest BCUT2D eigenvalue weighted by Gasteiger charge is 2.25. The number of ether oxygens (including phenoxy) is 1. The van der Waals surface area contributed by atoms with Gasteiger partial charge in [-0.3, -0.25) is 9.59 Å². The summed E-state index contributed by atoms with van der Waals surface area (Å²) in [5.74, 6) is -0.0844. The first-order valence-electron chi connectivity index (χ1n) is 5.19. The van der Waals surface area contributed by atoms with E-state index < -0.39 is 5.91 Å². The third kappa shape index (κ3) is 2.30. The van der Waals surface area contributed by atoms with Crippen molar-refractivity contribution in [2.75, 3.05) is 23.8 Å². The molecule has 17 heavy (non-hydrogen) atoms. The van der Waals surface area contributed by atoms with Crippen LogP contribution in [0.15, 0.2) is 18.2 Å². The number of nitrogens with two attached hydrogens (primary N) is 2. The van der Waals surface area contributed by atoms with Crippen LogP contribution in [-0.4, -0.2) is 25.0 Å². The molecular formula is C11H13N3O3. The molecule has 0 atom stereocenters. The monoisotopic (exact) mass is 235 g/mol. The zero-order chi connectivity index (χ0) is 12.4. The molecule has 1 aliphatic heterocycles. The number of benzene rings is 1. The molecule has 2 rings (SSSR count). The van der Waals surface area contributed by atoms with E-state index in [1.54, 1.807) is 18.2 Å². The first kappa shape index (κ1) is 11.3. The van der Waals surface area contributed by atoms with E-state index in [9.17, 15) is 9.59 Å². The highest BCUT2D eigenvalue weighted by molar-refractivity contribution is 5.98. The van der Waals surface area contributed by atoms with E-state index in [2.05, 4.69) is 0 Å². The summed E-state index contributed by atoms with van der Waals surface area (Å²) in [5.41, 5.74) is 11.9. The van der Waals surface area contributed by atoms with Gasteiger partial charge in [-0.15, -0.1) is 0 Å². The number of anilines is 2. The second-order valence-corrected chi connectivity index (χ2v) is 3.78. The molecule has 6 heteroatoms. The highest BCUT2D eigenvalue weighted by atomic mass is 16.5. The van der Waals surface area contributed by atoms with Crippen LogP contribution in [0, 0.1) is 0 Å². The second-order valence-electron chi connectivity index (χ2n) is 3.78. The van der Waals surface area contributed by atoms with Crippen molar-refractivity contribution in [3.8, 4) is 5.75 Å². The number of nitrogens with zero attached hydrogens (tertiary/aromatic N) is 1. The zero-order valence-corrected chi connectivity index (χ0v) is 9.18. The minimum atomic E-state index is -0.443. The Bertz CT molecular complexity index is 473. The molecule has 90 valence electrons. The van der Waals surface area contributed by atoms with Gasteiger partial charge in [0, 0.05) is 24.7 Å². The summed E-state index contributed by atoms with van der Waals surface area (Å²) in [6.45, 7) is 0.212. The molecule has 0 bridgehead atoms. The quantitative estimate of drug-likeness (QED) is 0.713. The number of primary amides is 1. The minimum Gasteiger partial charge on any atom is -0.481 e. The first-order valence-corrected chi connectivity index (χ1v) is 5.19. The Labute approximate surface area is 98.1 Å². The number of amides is 2. The van der Waals surface area contributed by atoms with Crippen LogP contribution in [0.25, 0.3) is 0 Å². The van der Waals surface area contributed by atoms with Gasteiger partial charge < -0.3 is 21.1 Å². The predicted molar refractivity (Wildman–Crippen MR) is 62.5 cm³/mol. The van der Waals surface area contributed by atoms with E-state index in [4.69, 9.17) is 16.2 Å². The molecular weight excluding hydrogens is 222 g/mol. The Balaban J connectivity index is 2.27. The maximum absolute atomic E-state index is 11.7. The molecule has 4 N–H and O–H groups in total. The van der Waals surface area contributed by atoms with Crippen LogP contribution < -0.4 is 21.1 Å². The van der Waals surface area contributed by atoms with Crippen molar-refractivity contribution < 1.29 is 14.3 Å². The lowest BCUT2D eigenvalue weighted by Gasteiger charge is -2.29. The minimum absolute atomic E-state index is 0.0464. The molecule has 0 unspecified atom stereocenters. The van der Waals surface area contributed by atoms with Gasteiger partial charge in [-0.25, -0.2) is 0 Å². The van der Waals surface area contributed by atoms with E-state index in [1.807, 2.05) is 0 Å². The van der Waals surface area contributed by atoms with E-state index in [1.165, 1.54) is 4.90 Å². The van der Waals surface area contributed by atoms with Crippen LogP contribution in [0.2, 0.25) is 0 Å². The van der Waals surface area contributed by atoms with Gasteiger partial charge in [-0.1, -0.05) is 0 Å². The summed E-state index contributed by atoms with van der Waals surface area (Å²) >= 11 is 0. The summed E-state index contributed by atoms with van der Waals surface area (Å²) in [5, 5.41) is 0. The molecule has 6 nitrogen and oxygen atoms in total. The van der Waals surface area contributed by atoms with Crippen LogP contribution >= 0.6 is 0 Å². The standard InChI is InChI=1S/C11H13N3O3/c12-7-1-2-8-9(5-7)17-6-11(16)14(8)4-3-10(13)15/h1-2,5H,3-4,6,12H2,(H2,13,15). The molecule has 0 aromatic heterocycles. The van der Waals surface area contributed by atoms with Crippen LogP contribution in [0.4, 0.5) is 11.4 Å². The fourth-order valence-electron chi connectivity index (χ4n) is 1.69. The number of rotatable bonds is 3. The molecule has 0 radical (unpaired) electrons. The van der Waals surface area contributed by atoms with Gasteiger partial charge >= 0.3 is 0 Å². The number of hydrogen-bond acceptors (Lipinski definition) is 4. The molecule has 2 amide bonds. The number of hydrogen-bond donors (Lipinski definition) is 2. The molecule has 1 aliphatic rings. The van der Waals surface area contributed by atoms with Crippen LogP contribution in [0.5, 0.6) is 5.75 Å². The average Bonchev–Trinajstić information content (AvgIpc) is 2.27. The number of fused-ring (bicyclic) bond motifs is 1. The predicted octanol–water partition coefficient (Wildman–Crippen LogP) is -0.130. The lowest BCUT2D eigenvalue weighted by molar-refractivity contribution is -0.121. The van der Waals surface area contributed by atoms with E-state index in [0.29, 0.717) is 17.1 Å². The number of nitrogen functional groups attached to an aromatic ring is 1. The molecule has 1 heterocycles. The number of carbonyl (C=O) groups excluding carboxylic acids is 2. The van der Waals surface area contributed by atoms with Crippen molar-refractivity contribution in [1.29, 1.82) is 0 Å². The highest BCUT2D eigenvalue weighted by Crippen LogP contribution is 2.33. The fraction of sp³-hybridized carbons (Fsp3) is 0.273. The SMILES string of the molecule is NC(=O)CCN1C(=O)COc2cc(N)ccc21. The molecule has 1 aromatic carbocycles. The van der Waals surface area contributed by atoms with Crippen molar-refractivity contribution in [3.63, 3.8) is 0 Å². The molecule has 0 fully saturated rings. The third-order valence-corrected chi connectivity index (χ3v) is 2.51. The van der Waals surface area contributed by atoms with Gasteiger partial charge in [-0.05, 0) is 12.1 Å². The van der Waals surface area contributed by atoms with Crippen molar-refractivity contribution in [2.45, 2.75) is 6.42 Å². The zero-order valence-electron chi connectivity index (χ0n) is 9.18. The van der Waals surface area contributed by atoms with Crippen molar-refractivity contribution in [2.24, 2.45) is 5.73 Å². The van der Waals surface area contributed by atoms with Gasteiger partial charge in [0.05, 0.1) is 5.69 Å². The van der Waals surface area contributed by atoms with Crippen molar-refractivity contribution in [1.82, 2.24) is 0 Å². The van der Waals surface area contributed by atoms with Gasteiger partial charge in [0.2, 0.25) is 5.91 Å². The van der Waals surface area contributed by atoms with Gasteiger partial charge in [0.25, 0.3) is 5.91 Å². The van der Waals surface area contributed by atoms with Gasteiger partial charge in [-0.2, -0.15) is 0 Å². The van der Waals surface area contributed by atoms with Gasteiger partial charge in [0.1, 0.15) is 5.75 Å². The molecule has 0 aliphatic carbocycles. The fourth-order valence-corrected chi connectivity index (χ4v) is 1.69. The maximum Gasteiger partial charge on any atom is 0.265 e. The lowest BCUT2D eigenvalue weighted by atomic mass is 10.2. The third-order valence-electron chi connectivity index (χ3n) is 2.51. The summed E-state index contributed by atoms with van der Waals surface area (Å²) in [4.78, 5) is 23.9. The lowest BCUT2D eigenvalue weighted by Crippen LogP contribution is -2.40. The van der Waals surface area contributed by atoms with Crippen molar-refractivity contribution >= 4 is 23.2 Å². The average molecular weight is 235 g/mol. The Morgan fingerprint density at radius 3 is 2.94 bits per heavy atom. The smallest absolute Gasteiger partial charge is 0.265 e. The molecule has 1 aromatic rings. The first-order chi connectivity index (χ1) is 8.08. The molecule has 0 spiro atoms. The number of carbonyl (C=O) groups is 2. The Morgan fingerprint density at radius 2 is 2.24 bits per heavy atom. The van der Waals surface area contributed by atoms with E-state index >= 15 is 0 Å². The van der Waals surface area contributed by atoms with Gasteiger partial charge in [0.15, 0.2) is 6.61 Å². The topological polar surface area (TPSA) is 98.7 Å². The van der Waals surface area contributed by atoms with E-state index in [-0.39, 0.29) is 25.5 Å². The Kier molecular flexibility index (Phi) is 2.86. The maximum atomic E-state index is 11.7. The van der Waals surface area contributed by atoms with Crippen LogP contribution in [0.1, 0.15) is 6.42 Å². The normalized spacial score (nSPS) is 14.1. The Morgan fingerprint density at radius 1 is 1.47 bits per heavy atom. The Hall–Kier alpha value is -2.24. The largest absolute Gasteiger partial charge is 0.481 e. The van der Waals surface area contributed by atoms with Crippen LogP contribution in [0.3, 0.4) is 0 Å². The molecule has 0 saturated heterocycles. The summed E-state index contributed by atoms with van der Waals surface area (Å²) in [7, 11) is 0. The van der Waals surface area contributed by atoms with E-state index in [0.717, 1.165) is 0 Å². The van der Waals surface area contributed by atoms with Crippen LogP contribution in [-0.2, 0) is 9.59 Å². The summed E-state index contributed by atoms with van der Waals surface area (Å²) in [6, 6.07) is 5.03. The summed E-state index contributed by atoms with van der Waals surface area (Å²) < 4.78 is 5.27. The second kappa shape index (κ2) is 4.32. The summed E-state index contributed by atoms with van der Waals surface area (Å²) in [6.07, 6.45) is 0.121.